The van der Waals surface area contributed by atoms with Gasteiger partial charge in [0.15, 0.2) is 0 Å². The van der Waals surface area contributed by atoms with Gasteiger partial charge in [0.25, 0.3) is 0 Å². The molecule has 3 aromatic heterocycles. The van der Waals surface area contributed by atoms with Crippen molar-refractivity contribution < 1.29 is 4.74 Å². The van der Waals surface area contributed by atoms with Crippen molar-refractivity contribution in [3.05, 3.63) is 131 Å². The molecule has 5 heteroatoms. The second-order valence-corrected chi connectivity index (χ2v) is 16.1. The van der Waals surface area contributed by atoms with E-state index in [-0.39, 0.29) is 10.8 Å². The molecule has 5 nitrogen and oxygen atoms in total. The highest BCUT2D eigenvalue weighted by molar-refractivity contribution is 6.09. The zero-order valence-corrected chi connectivity index (χ0v) is 31.8. The van der Waals surface area contributed by atoms with Crippen LogP contribution in [0.25, 0.3) is 44.4 Å². The van der Waals surface area contributed by atoms with Gasteiger partial charge < -0.3 is 4.74 Å². The summed E-state index contributed by atoms with van der Waals surface area (Å²) >= 11 is 0. The van der Waals surface area contributed by atoms with Crippen molar-refractivity contribution in [2.24, 2.45) is 0 Å². The quantitative estimate of drug-likeness (QED) is 0.169. The Hall–Kier alpha value is -5.16. The lowest BCUT2D eigenvalue weighted by Crippen LogP contribution is -2.12. The summed E-state index contributed by atoms with van der Waals surface area (Å²) in [4.78, 5) is 4.92. The molecule has 7 rings (SSSR count). The van der Waals surface area contributed by atoms with E-state index in [0.29, 0.717) is 5.92 Å². The predicted molar refractivity (Wildman–Crippen MR) is 213 cm³/mol. The van der Waals surface area contributed by atoms with E-state index in [2.05, 4.69) is 176 Å². The van der Waals surface area contributed by atoms with Gasteiger partial charge in [-0.1, -0.05) is 91.8 Å². The maximum atomic E-state index is 6.82. The van der Waals surface area contributed by atoms with Crippen molar-refractivity contribution in [3.8, 4) is 34.1 Å². The third-order valence-electron chi connectivity index (χ3n) is 10.4. The van der Waals surface area contributed by atoms with Crippen LogP contribution in [0.3, 0.4) is 0 Å². The number of nitrogens with zero attached hydrogens (tertiary/aromatic N) is 4. The van der Waals surface area contributed by atoms with E-state index < -0.39 is 0 Å². The number of hydrogen-bond donors (Lipinski definition) is 0. The minimum Gasteiger partial charge on any atom is -0.457 e. The highest BCUT2D eigenvalue weighted by Crippen LogP contribution is 2.39. The Labute approximate surface area is 302 Å². The number of pyridine rings is 1. The Morgan fingerprint density at radius 1 is 0.706 bits per heavy atom. The average Bonchev–Trinajstić information content (AvgIpc) is 3.59. The second kappa shape index (κ2) is 12.9. The van der Waals surface area contributed by atoms with E-state index >= 15 is 0 Å². The van der Waals surface area contributed by atoms with Crippen LogP contribution in [0.4, 0.5) is 0 Å². The molecular weight excluding hydrogens is 625 g/mol. The molecular formula is C46H50N4O. The molecule has 7 aromatic rings. The van der Waals surface area contributed by atoms with Gasteiger partial charge in [-0.2, -0.15) is 5.10 Å². The summed E-state index contributed by atoms with van der Waals surface area (Å²) in [5.41, 5.74) is 11.3. The van der Waals surface area contributed by atoms with Gasteiger partial charge in [-0.15, -0.1) is 0 Å². The summed E-state index contributed by atoms with van der Waals surface area (Å²) in [6, 6.07) is 34.8. The first kappa shape index (κ1) is 34.3. The van der Waals surface area contributed by atoms with Crippen molar-refractivity contribution in [2.75, 3.05) is 0 Å². The van der Waals surface area contributed by atoms with Gasteiger partial charge in [0.1, 0.15) is 17.3 Å². The minimum atomic E-state index is -0.0973. The molecule has 0 aliphatic heterocycles. The Kier molecular flexibility index (Phi) is 8.65. The molecule has 0 aliphatic carbocycles. The first-order valence-corrected chi connectivity index (χ1v) is 18.2. The maximum Gasteiger partial charge on any atom is 0.137 e. The fourth-order valence-electron chi connectivity index (χ4n) is 7.13. The molecule has 3 heterocycles. The van der Waals surface area contributed by atoms with Gasteiger partial charge in [0.2, 0.25) is 0 Å². The van der Waals surface area contributed by atoms with Gasteiger partial charge in [-0.25, -0.2) is 9.67 Å². The fourth-order valence-corrected chi connectivity index (χ4v) is 7.13. The Morgan fingerprint density at radius 2 is 1.45 bits per heavy atom. The van der Waals surface area contributed by atoms with E-state index in [9.17, 15) is 0 Å². The molecule has 0 bridgehead atoms. The third-order valence-corrected chi connectivity index (χ3v) is 10.4. The molecule has 0 amide bonds. The van der Waals surface area contributed by atoms with Crippen molar-refractivity contribution in [2.45, 2.75) is 92.4 Å². The summed E-state index contributed by atoms with van der Waals surface area (Å²) in [6.45, 7) is 22.2. The van der Waals surface area contributed by atoms with Crippen LogP contribution in [-0.4, -0.2) is 19.3 Å². The largest absolute Gasteiger partial charge is 0.457 e. The third kappa shape index (κ3) is 6.46. The molecule has 0 radical (unpaired) electrons. The molecule has 0 saturated heterocycles. The van der Waals surface area contributed by atoms with Crippen molar-refractivity contribution >= 4 is 21.8 Å². The van der Waals surface area contributed by atoms with Crippen LogP contribution in [0.2, 0.25) is 0 Å². The minimum absolute atomic E-state index is 0.00242. The molecule has 260 valence electrons. The molecule has 1 atom stereocenters. The molecule has 0 saturated carbocycles. The van der Waals surface area contributed by atoms with Crippen LogP contribution in [0.15, 0.2) is 103 Å². The van der Waals surface area contributed by atoms with E-state index in [4.69, 9.17) is 14.8 Å². The fraction of sp³-hybridized carbons (Fsp3) is 0.304. The van der Waals surface area contributed by atoms with Gasteiger partial charge in [-0.05, 0) is 108 Å². The first-order valence-electron chi connectivity index (χ1n) is 18.2. The van der Waals surface area contributed by atoms with Crippen LogP contribution in [0.5, 0.6) is 11.5 Å². The molecule has 0 aliphatic rings. The number of fused-ring (bicyclic) bond motifs is 3. The van der Waals surface area contributed by atoms with Gasteiger partial charge in [-0.3, -0.25) is 4.57 Å². The Morgan fingerprint density at radius 3 is 2.16 bits per heavy atom. The predicted octanol–water partition coefficient (Wildman–Crippen LogP) is 12.5. The van der Waals surface area contributed by atoms with Crippen LogP contribution in [0, 0.1) is 13.8 Å². The normalized spacial score (nSPS) is 12.9. The SMILES string of the molecule is CCC(C)c1ccc2c(c1)c1ccc(Oc3cc(-n4nc(C)c(-c5ccccc5)c4C)cc(C(C)(C)C)c3)cc1n2-c1cc(C(C)(C)C)ccn1. The Balaban J connectivity index is 1.38. The summed E-state index contributed by atoms with van der Waals surface area (Å²) < 4.78 is 11.2. The number of benzene rings is 4. The number of rotatable bonds is 7. The molecule has 0 spiro atoms. The molecule has 0 fully saturated rings. The highest BCUT2D eigenvalue weighted by atomic mass is 16.5. The number of aromatic nitrogens is 4. The summed E-state index contributed by atoms with van der Waals surface area (Å²) in [6.07, 6.45) is 3.03. The zero-order valence-electron chi connectivity index (χ0n) is 31.8. The summed E-state index contributed by atoms with van der Waals surface area (Å²) in [5, 5.41) is 7.45. The number of aryl methyl sites for hydroxylation is 1. The smallest absolute Gasteiger partial charge is 0.137 e. The van der Waals surface area contributed by atoms with Crippen LogP contribution in [0.1, 0.15) is 95.8 Å². The Bertz CT molecular complexity index is 2380. The van der Waals surface area contributed by atoms with Gasteiger partial charge in [0.05, 0.1) is 22.4 Å². The van der Waals surface area contributed by atoms with Gasteiger partial charge >= 0.3 is 0 Å². The average molecular weight is 675 g/mol. The molecule has 1 unspecified atom stereocenters. The van der Waals surface area contributed by atoms with Gasteiger partial charge in [0, 0.05) is 40.4 Å². The lowest BCUT2D eigenvalue weighted by Gasteiger charge is -2.22. The number of hydrogen-bond acceptors (Lipinski definition) is 3. The summed E-state index contributed by atoms with van der Waals surface area (Å²) in [7, 11) is 0. The van der Waals surface area contributed by atoms with E-state index in [1.54, 1.807) is 0 Å². The van der Waals surface area contributed by atoms with E-state index in [0.717, 1.165) is 57.4 Å². The topological polar surface area (TPSA) is 44.9 Å². The molecule has 51 heavy (non-hydrogen) atoms. The van der Waals surface area contributed by atoms with Crippen LogP contribution in [-0.2, 0) is 10.8 Å². The van der Waals surface area contributed by atoms with E-state index in [1.807, 2.05) is 6.20 Å². The van der Waals surface area contributed by atoms with Crippen LogP contribution < -0.4 is 4.74 Å². The van der Waals surface area contributed by atoms with Crippen LogP contribution >= 0.6 is 0 Å². The lowest BCUT2D eigenvalue weighted by atomic mass is 9.86. The number of ether oxygens (including phenoxy) is 1. The molecule has 4 aromatic carbocycles. The lowest BCUT2D eigenvalue weighted by molar-refractivity contribution is 0.478. The van der Waals surface area contributed by atoms with Crippen molar-refractivity contribution in [1.29, 1.82) is 0 Å². The van der Waals surface area contributed by atoms with Crippen molar-refractivity contribution in [3.63, 3.8) is 0 Å². The first-order chi connectivity index (χ1) is 24.2. The highest BCUT2D eigenvalue weighted by Gasteiger charge is 2.22. The maximum absolute atomic E-state index is 6.82. The second-order valence-electron chi connectivity index (χ2n) is 16.1. The summed E-state index contributed by atoms with van der Waals surface area (Å²) in [5.74, 6) is 2.94. The zero-order chi connectivity index (χ0) is 36.2. The van der Waals surface area contributed by atoms with Crippen molar-refractivity contribution in [1.82, 2.24) is 19.3 Å². The standard InChI is InChI=1S/C46H50N4O/c1-11-29(2)33-17-20-41-40(23-33)39-19-18-37(28-42(39)49(41)43-26-34(21-22-47-43)45(5,6)7)51-38-25-35(46(8,9)10)24-36(27-38)50-31(4)44(30(3)48-50)32-15-13-12-14-16-32/h12-29H,11H2,1-10H3. The monoisotopic (exact) mass is 674 g/mol. The van der Waals surface area contributed by atoms with E-state index in [1.165, 1.54) is 33.0 Å². The molecule has 0 N–H and O–H groups in total.